The molecule has 1 saturated heterocycles. The Morgan fingerprint density at radius 3 is 2.53 bits per heavy atom. The number of hydrogen-bond acceptors (Lipinski definition) is 4. The molecule has 1 unspecified atom stereocenters. The molecule has 8 heteroatoms. The predicted molar refractivity (Wildman–Crippen MR) is 142 cm³/mol. The Morgan fingerprint density at radius 2 is 1.91 bits per heavy atom. The fraction of sp³-hybridized carbons (Fsp3) is 0.458. The standard InChI is InChI=1S/C24H34N6O.HI/c1-17-6-8-19(9-7-17)18(2)15-28-24(26-3)29-16-21-5-4-12-27-23(21)30-13-10-20(11-14-30)22(25)31;/h4-9,12,18,20H,10-11,13-16H2,1-3H3,(H2,25,31)(H2,26,28,29);1H. The quantitative estimate of drug-likeness (QED) is 0.280. The number of amides is 1. The van der Waals surface area contributed by atoms with Crippen molar-refractivity contribution in [1.82, 2.24) is 15.6 Å². The Labute approximate surface area is 208 Å². The van der Waals surface area contributed by atoms with Crippen molar-refractivity contribution >= 4 is 41.7 Å². The number of carbonyl (C=O) groups is 1. The van der Waals surface area contributed by atoms with E-state index in [0.29, 0.717) is 12.5 Å². The molecule has 1 fully saturated rings. The van der Waals surface area contributed by atoms with Crippen LogP contribution >= 0.6 is 24.0 Å². The maximum absolute atomic E-state index is 11.4. The SMILES string of the molecule is CN=C(NCc1cccnc1N1CCC(C(N)=O)CC1)NCC(C)c1ccc(C)cc1.I. The van der Waals surface area contributed by atoms with Gasteiger partial charge < -0.3 is 21.3 Å². The van der Waals surface area contributed by atoms with E-state index >= 15 is 0 Å². The van der Waals surface area contributed by atoms with E-state index in [-0.39, 0.29) is 35.8 Å². The molecule has 174 valence electrons. The van der Waals surface area contributed by atoms with Gasteiger partial charge in [0.05, 0.1) is 0 Å². The van der Waals surface area contributed by atoms with E-state index in [4.69, 9.17) is 5.73 Å². The predicted octanol–water partition coefficient (Wildman–Crippen LogP) is 3.18. The zero-order valence-electron chi connectivity index (χ0n) is 19.2. The van der Waals surface area contributed by atoms with Gasteiger partial charge in [0, 0.05) is 50.9 Å². The van der Waals surface area contributed by atoms with Crippen molar-refractivity contribution < 1.29 is 4.79 Å². The number of rotatable bonds is 7. The Bertz CT molecular complexity index is 894. The van der Waals surface area contributed by atoms with Gasteiger partial charge in [-0.1, -0.05) is 42.8 Å². The van der Waals surface area contributed by atoms with Crippen molar-refractivity contribution in [3.05, 3.63) is 59.3 Å². The second kappa shape index (κ2) is 12.6. The lowest BCUT2D eigenvalue weighted by Gasteiger charge is -2.32. The summed E-state index contributed by atoms with van der Waals surface area (Å²) in [5.74, 6) is 1.87. The topological polar surface area (TPSA) is 95.6 Å². The van der Waals surface area contributed by atoms with Crippen LogP contribution in [0.3, 0.4) is 0 Å². The van der Waals surface area contributed by atoms with E-state index in [1.807, 2.05) is 12.3 Å². The first-order chi connectivity index (χ1) is 15.0. The fourth-order valence-electron chi connectivity index (χ4n) is 3.89. The Balaban J connectivity index is 0.00000363. The second-order valence-corrected chi connectivity index (χ2v) is 8.27. The lowest BCUT2D eigenvalue weighted by atomic mass is 9.96. The summed E-state index contributed by atoms with van der Waals surface area (Å²) in [6.45, 7) is 7.31. The first-order valence-electron chi connectivity index (χ1n) is 11.0. The number of hydrogen-bond donors (Lipinski definition) is 3. The molecule has 1 aliphatic heterocycles. The molecule has 1 aliphatic rings. The molecule has 1 atom stereocenters. The van der Waals surface area contributed by atoms with Gasteiger partial charge in [0.1, 0.15) is 5.82 Å². The largest absolute Gasteiger partial charge is 0.369 e. The van der Waals surface area contributed by atoms with Crippen molar-refractivity contribution in [3.8, 4) is 0 Å². The minimum atomic E-state index is -0.197. The molecule has 2 aromatic rings. The minimum absolute atomic E-state index is 0. The highest BCUT2D eigenvalue weighted by molar-refractivity contribution is 14.0. The maximum atomic E-state index is 11.4. The summed E-state index contributed by atoms with van der Waals surface area (Å²) in [5.41, 5.74) is 9.15. The number of nitrogens with two attached hydrogens (primary N) is 1. The molecule has 0 spiro atoms. The average molecular weight is 550 g/mol. The summed E-state index contributed by atoms with van der Waals surface area (Å²) in [7, 11) is 1.78. The number of aliphatic imine (C=N–C) groups is 1. The van der Waals surface area contributed by atoms with E-state index in [0.717, 1.165) is 49.8 Å². The molecular formula is C24H35IN6O. The number of carbonyl (C=O) groups excluding carboxylic acids is 1. The van der Waals surface area contributed by atoms with Crippen LogP contribution in [-0.4, -0.2) is 43.5 Å². The summed E-state index contributed by atoms with van der Waals surface area (Å²) in [6, 6.07) is 12.7. The summed E-state index contributed by atoms with van der Waals surface area (Å²) >= 11 is 0. The van der Waals surface area contributed by atoms with Crippen molar-refractivity contribution in [2.45, 2.75) is 39.2 Å². The minimum Gasteiger partial charge on any atom is -0.369 e. The lowest BCUT2D eigenvalue weighted by molar-refractivity contribution is -0.122. The Kier molecular flexibility index (Phi) is 10.2. The molecule has 3 rings (SSSR count). The number of guanidine groups is 1. The number of aromatic nitrogens is 1. The van der Waals surface area contributed by atoms with Crippen LogP contribution in [0.1, 0.15) is 42.4 Å². The Morgan fingerprint density at radius 1 is 1.22 bits per heavy atom. The second-order valence-electron chi connectivity index (χ2n) is 8.27. The van der Waals surface area contributed by atoms with Crippen LogP contribution in [0.4, 0.5) is 5.82 Å². The van der Waals surface area contributed by atoms with Crippen LogP contribution in [0.25, 0.3) is 0 Å². The van der Waals surface area contributed by atoms with E-state index < -0.39 is 0 Å². The molecule has 2 heterocycles. The van der Waals surface area contributed by atoms with Crippen molar-refractivity contribution in [1.29, 1.82) is 0 Å². The molecule has 7 nitrogen and oxygen atoms in total. The Hall–Kier alpha value is -2.36. The summed E-state index contributed by atoms with van der Waals surface area (Å²) < 4.78 is 0. The molecule has 4 N–H and O–H groups in total. The van der Waals surface area contributed by atoms with Crippen molar-refractivity contribution in [3.63, 3.8) is 0 Å². The van der Waals surface area contributed by atoms with Gasteiger partial charge in [0.2, 0.25) is 5.91 Å². The molecule has 1 amide bonds. The highest BCUT2D eigenvalue weighted by atomic mass is 127. The van der Waals surface area contributed by atoms with Gasteiger partial charge in [-0.2, -0.15) is 0 Å². The zero-order valence-corrected chi connectivity index (χ0v) is 21.5. The zero-order chi connectivity index (χ0) is 22.2. The van der Waals surface area contributed by atoms with Crippen LogP contribution in [-0.2, 0) is 11.3 Å². The number of piperidine rings is 1. The first-order valence-corrected chi connectivity index (χ1v) is 11.0. The van der Waals surface area contributed by atoms with Gasteiger partial charge in [-0.3, -0.25) is 9.79 Å². The van der Waals surface area contributed by atoms with Gasteiger partial charge in [0.25, 0.3) is 0 Å². The number of primary amides is 1. The summed E-state index contributed by atoms with van der Waals surface area (Å²) in [5, 5.41) is 6.83. The number of anilines is 1. The van der Waals surface area contributed by atoms with Crippen LogP contribution in [0.5, 0.6) is 0 Å². The number of aryl methyl sites for hydroxylation is 1. The molecule has 1 aromatic heterocycles. The highest BCUT2D eigenvalue weighted by Gasteiger charge is 2.25. The van der Waals surface area contributed by atoms with Crippen molar-refractivity contribution in [2.24, 2.45) is 16.6 Å². The molecule has 0 bridgehead atoms. The van der Waals surface area contributed by atoms with E-state index in [1.165, 1.54) is 11.1 Å². The highest BCUT2D eigenvalue weighted by Crippen LogP contribution is 2.24. The van der Waals surface area contributed by atoms with E-state index in [2.05, 4.69) is 69.7 Å². The van der Waals surface area contributed by atoms with Crippen molar-refractivity contribution in [2.75, 3.05) is 31.6 Å². The fourth-order valence-corrected chi connectivity index (χ4v) is 3.89. The van der Waals surface area contributed by atoms with Crippen LogP contribution in [0, 0.1) is 12.8 Å². The van der Waals surface area contributed by atoms with E-state index in [9.17, 15) is 4.79 Å². The molecule has 0 aliphatic carbocycles. The normalized spacial score (nSPS) is 15.6. The molecule has 32 heavy (non-hydrogen) atoms. The molecule has 0 radical (unpaired) electrons. The van der Waals surface area contributed by atoms with Crippen LogP contribution < -0.4 is 21.3 Å². The van der Waals surface area contributed by atoms with E-state index in [1.54, 1.807) is 7.05 Å². The maximum Gasteiger partial charge on any atom is 0.220 e. The molecular weight excluding hydrogens is 515 g/mol. The third-order valence-electron chi connectivity index (χ3n) is 5.96. The van der Waals surface area contributed by atoms with Gasteiger partial charge in [-0.25, -0.2) is 4.98 Å². The smallest absolute Gasteiger partial charge is 0.220 e. The van der Waals surface area contributed by atoms with Gasteiger partial charge in [-0.15, -0.1) is 24.0 Å². The van der Waals surface area contributed by atoms with Gasteiger partial charge >= 0.3 is 0 Å². The number of nitrogens with one attached hydrogen (secondary N) is 2. The third kappa shape index (κ3) is 7.08. The number of pyridine rings is 1. The van der Waals surface area contributed by atoms with Crippen LogP contribution in [0.15, 0.2) is 47.6 Å². The first kappa shape index (κ1) is 25.9. The lowest BCUT2D eigenvalue weighted by Crippen LogP contribution is -2.41. The molecule has 0 saturated carbocycles. The average Bonchev–Trinajstić information content (AvgIpc) is 2.79. The monoisotopic (exact) mass is 550 g/mol. The number of nitrogens with zero attached hydrogens (tertiary/aromatic N) is 3. The van der Waals surface area contributed by atoms with Gasteiger partial charge in [0.15, 0.2) is 5.96 Å². The summed E-state index contributed by atoms with van der Waals surface area (Å²) in [6.07, 6.45) is 3.37. The molecule has 1 aromatic carbocycles. The third-order valence-corrected chi connectivity index (χ3v) is 5.96. The van der Waals surface area contributed by atoms with Crippen LogP contribution in [0.2, 0.25) is 0 Å². The number of halogens is 1. The number of benzene rings is 1. The summed E-state index contributed by atoms with van der Waals surface area (Å²) in [4.78, 5) is 22.7. The van der Waals surface area contributed by atoms with Gasteiger partial charge in [-0.05, 0) is 37.3 Å².